The summed E-state index contributed by atoms with van der Waals surface area (Å²) in [7, 11) is 0. The van der Waals surface area contributed by atoms with Crippen LogP contribution in [0, 0.1) is 18.6 Å². The van der Waals surface area contributed by atoms with Gasteiger partial charge in [-0.3, -0.25) is 9.36 Å². The quantitative estimate of drug-likeness (QED) is 0.388. The van der Waals surface area contributed by atoms with Crippen molar-refractivity contribution in [1.29, 1.82) is 0 Å². The summed E-state index contributed by atoms with van der Waals surface area (Å²) < 4.78 is 33.9. The zero-order chi connectivity index (χ0) is 19.0. The van der Waals surface area contributed by atoms with Gasteiger partial charge in [-0.25, -0.2) is 13.8 Å². The molecule has 0 N–H and O–H groups in total. The molecule has 0 bridgehead atoms. The van der Waals surface area contributed by atoms with Crippen molar-refractivity contribution in [3.63, 3.8) is 0 Å². The average Bonchev–Trinajstić information content (AvgIpc) is 3.06. The second kappa shape index (κ2) is 6.96. The molecule has 5 nitrogen and oxygen atoms in total. The number of fused-ring (bicyclic) bond motifs is 1. The Labute approximate surface area is 156 Å². The van der Waals surface area contributed by atoms with Gasteiger partial charge in [-0.2, -0.15) is 0 Å². The Morgan fingerprint density at radius 3 is 2.70 bits per heavy atom. The molecule has 0 aliphatic carbocycles. The van der Waals surface area contributed by atoms with Crippen molar-refractivity contribution in [2.45, 2.75) is 17.8 Å². The second-order valence-corrected chi connectivity index (χ2v) is 6.81. The third kappa shape index (κ3) is 3.35. The van der Waals surface area contributed by atoms with Crippen LogP contribution >= 0.6 is 11.8 Å². The van der Waals surface area contributed by atoms with Gasteiger partial charge in [0.25, 0.3) is 5.56 Å². The number of para-hydroxylation sites is 1. The molecule has 8 heteroatoms. The molecule has 2 heterocycles. The molecule has 4 rings (SSSR count). The predicted molar refractivity (Wildman–Crippen MR) is 98.1 cm³/mol. The van der Waals surface area contributed by atoms with Crippen LogP contribution in [0.4, 0.5) is 8.78 Å². The van der Waals surface area contributed by atoms with Crippen molar-refractivity contribution in [2.24, 2.45) is 0 Å². The molecule has 0 atom stereocenters. The van der Waals surface area contributed by atoms with Gasteiger partial charge in [0.1, 0.15) is 17.4 Å². The molecule has 2 aromatic heterocycles. The molecule has 0 radical (unpaired) electrons. The second-order valence-electron chi connectivity index (χ2n) is 5.87. The summed E-state index contributed by atoms with van der Waals surface area (Å²) in [5, 5.41) is 4.54. The minimum Gasteiger partial charge on any atom is -0.361 e. The Balaban J connectivity index is 1.88. The SMILES string of the molecule is Cc1cc(CSc2nc3ccccc3c(=O)n2-c2ccc(F)cc2F)no1. The molecule has 0 aliphatic rings. The van der Waals surface area contributed by atoms with Crippen LogP contribution in [-0.4, -0.2) is 14.7 Å². The van der Waals surface area contributed by atoms with E-state index in [0.29, 0.717) is 28.1 Å². The van der Waals surface area contributed by atoms with E-state index >= 15 is 0 Å². The molecule has 0 saturated heterocycles. The maximum atomic E-state index is 14.4. The van der Waals surface area contributed by atoms with Crippen LogP contribution in [0.2, 0.25) is 0 Å². The summed E-state index contributed by atoms with van der Waals surface area (Å²) in [5.41, 5.74) is 0.689. The van der Waals surface area contributed by atoms with Gasteiger partial charge in [0.15, 0.2) is 5.16 Å². The van der Waals surface area contributed by atoms with Crippen molar-refractivity contribution >= 4 is 22.7 Å². The molecule has 27 heavy (non-hydrogen) atoms. The summed E-state index contributed by atoms with van der Waals surface area (Å²) in [5.74, 6) is -0.511. The predicted octanol–water partition coefficient (Wildman–Crippen LogP) is 4.25. The summed E-state index contributed by atoms with van der Waals surface area (Å²) in [4.78, 5) is 17.5. The fraction of sp³-hybridized carbons (Fsp3) is 0.105. The Bertz CT molecular complexity index is 1200. The van der Waals surface area contributed by atoms with Gasteiger partial charge >= 0.3 is 0 Å². The molecule has 0 amide bonds. The Hall–Kier alpha value is -3.00. The van der Waals surface area contributed by atoms with E-state index in [1.54, 1.807) is 37.3 Å². The van der Waals surface area contributed by atoms with Crippen molar-refractivity contribution in [3.8, 4) is 5.69 Å². The van der Waals surface area contributed by atoms with Gasteiger partial charge in [0, 0.05) is 17.9 Å². The lowest BCUT2D eigenvalue weighted by Gasteiger charge is -2.13. The van der Waals surface area contributed by atoms with Gasteiger partial charge in [-0.05, 0) is 31.2 Å². The maximum Gasteiger partial charge on any atom is 0.266 e. The van der Waals surface area contributed by atoms with Crippen molar-refractivity contribution < 1.29 is 13.3 Å². The van der Waals surface area contributed by atoms with E-state index in [1.165, 1.54) is 17.8 Å². The fourth-order valence-electron chi connectivity index (χ4n) is 2.71. The molecular weight excluding hydrogens is 372 g/mol. The van der Waals surface area contributed by atoms with Crippen LogP contribution in [0.5, 0.6) is 0 Å². The van der Waals surface area contributed by atoms with Crippen LogP contribution < -0.4 is 5.56 Å². The summed E-state index contributed by atoms with van der Waals surface area (Å²) in [6, 6.07) is 11.7. The number of hydrogen-bond donors (Lipinski definition) is 0. The first-order valence-corrected chi connectivity index (χ1v) is 9.04. The Kier molecular flexibility index (Phi) is 4.49. The van der Waals surface area contributed by atoms with Crippen LogP contribution in [0.1, 0.15) is 11.5 Å². The molecule has 0 fully saturated rings. The first-order valence-electron chi connectivity index (χ1n) is 8.05. The Morgan fingerprint density at radius 1 is 1.15 bits per heavy atom. The van der Waals surface area contributed by atoms with E-state index in [1.807, 2.05) is 0 Å². The summed E-state index contributed by atoms with van der Waals surface area (Å²) in [6.45, 7) is 1.78. The molecule has 0 spiro atoms. The summed E-state index contributed by atoms with van der Waals surface area (Å²) >= 11 is 1.22. The number of nitrogens with zero attached hydrogens (tertiary/aromatic N) is 3. The van der Waals surface area contributed by atoms with Crippen molar-refractivity contribution in [2.75, 3.05) is 0 Å². The largest absolute Gasteiger partial charge is 0.361 e. The van der Waals surface area contributed by atoms with E-state index < -0.39 is 17.2 Å². The lowest BCUT2D eigenvalue weighted by atomic mass is 10.2. The summed E-state index contributed by atoms with van der Waals surface area (Å²) in [6.07, 6.45) is 0. The first-order chi connectivity index (χ1) is 13.0. The monoisotopic (exact) mass is 385 g/mol. The number of halogens is 2. The van der Waals surface area contributed by atoms with Gasteiger partial charge in [-0.15, -0.1) is 0 Å². The van der Waals surface area contributed by atoms with Crippen LogP contribution in [0.3, 0.4) is 0 Å². The highest BCUT2D eigenvalue weighted by molar-refractivity contribution is 7.98. The fourth-order valence-corrected chi connectivity index (χ4v) is 3.59. The number of thioether (sulfide) groups is 1. The van der Waals surface area contributed by atoms with E-state index in [2.05, 4.69) is 10.1 Å². The van der Waals surface area contributed by atoms with Gasteiger partial charge < -0.3 is 4.52 Å². The minimum absolute atomic E-state index is 0.0570. The molecule has 4 aromatic rings. The molecule has 0 unspecified atom stereocenters. The highest BCUT2D eigenvalue weighted by atomic mass is 32.2. The van der Waals surface area contributed by atoms with Crippen LogP contribution in [0.25, 0.3) is 16.6 Å². The normalized spacial score (nSPS) is 11.2. The number of hydrogen-bond acceptors (Lipinski definition) is 5. The maximum absolute atomic E-state index is 14.4. The molecule has 2 aromatic carbocycles. The minimum atomic E-state index is -0.840. The highest BCUT2D eigenvalue weighted by Gasteiger charge is 2.17. The van der Waals surface area contributed by atoms with Crippen molar-refractivity contribution in [1.82, 2.24) is 14.7 Å². The van der Waals surface area contributed by atoms with Crippen LogP contribution in [0.15, 0.2) is 63.0 Å². The van der Waals surface area contributed by atoms with Gasteiger partial charge in [0.2, 0.25) is 0 Å². The molecular formula is C19H13F2N3O2S. The van der Waals surface area contributed by atoms with Gasteiger partial charge in [0.05, 0.1) is 22.3 Å². The van der Waals surface area contributed by atoms with E-state index in [9.17, 15) is 13.6 Å². The average molecular weight is 385 g/mol. The van der Waals surface area contributed by atoms with Crippen LogP contribution in [-0.2, 0) is 5.75 Å². The number of aryl methyl sites for hydroxylation is 1. The number of rotatable bonds is 4. The molecule has 136 valence electrons. The van der Waals surface area contributed by atoms with Crippen molar-refractivity contribution in [3.05, 3.63) is 82.0 Å². The Morgan fingerprint density at radius 2 is 1.96 bits per heavy atom. The van der Waals surface area contributed by atoms with Gasteiger partial charge in [-0.1, -0.05) is 29.1 Å². The topological polar surface area (TPSA) is 60.9 Å². The lowest BCUT2D eigenvalue weighted by molar-refractivity contribution is 0.393. The number of benzene rings is 2. The lowest BCUT2D eigenvalue weighted by Crippen LogP contribution is -2.22. The smallest absolute Gasteiger partial charge is 0.266 e. The zero-order valence-corrected chi connectivity index (χ0v) is 15.0. The zero-order valence-electron chi connectivity index (χ0n) is 14.1. The third-order valence-electron chi connectivity index (χ3n) is 3.92. The number of aromatic nitrogens is 3. The third-order valence-corrected chi connectivity index (χ3v) is 4.89. The first kappa shape index (κ1) is 17.4. The highest BCUT2D eigenvalue weighted by Crippen LogP contribution is 2.25. The van der Waals surface area contributed by atoms with E-state index in [4.69, 9.17) is 4.52 Å². The van der Waals surface area contributed by atoms with E-state index in [-0.39, 0.29) is 10.8 Å². The molecule has 0 aliphatic heterocycles. The standard InChI is InChI=1S/C19H13F2N3O2S/c1-11-8-13(23-26-11)10-27-19-22-16-5-3-2-4-14(16)18(25)24(19)17-7-6-12(20)9-15(17)21/h2-9H,10H2,1H3. The molecule has 0 saturated carbocycles. The van der Waals surface area contributed by atoms with E-state index in [0.717, 1.165) is 16.7 Å².